The fourth-order valence-electron chi connectivity index (χ4n) is 3.85. The zero-order chi connectivity index (χ0) is 22.4. The Hall–Kier alpha value is -3.26. The Bertz CT molecular complexity index is 900. The number of carboxylic acid groups (broad SMARTS) is 1. The average Bonchev–Trinajstić information content (AvgIpc) is 3.22. The van der Waals surface area contributed by atoms with Crippen LogP contribution in [0.1, 0.15) is 23.2 Å². The number of amides is 2. The minimum atomic E-state index is -0.863. The highest BCUT2D eigenvalue weighted by Crippen LogP contribution is 2.24. The lowest BCUT2D eigenvalue weighted by molar-refractivity contribution is 0.102. The van der Waals surface area contributed by atoms with Gasteiger partial charge in [-0.2, -0.15) is 0 Å². The van der Waals surface area contributed by atoms with Gasteiger partial charge in [0.15, 0.2) is 0 Å². The lowest BCUT2D eigenvalue weighted by Crippen LogP contribution is -2.42. The van der Waals surface area contributed by atoms with E-state index in [0.29, 0.717) is 30.0 Å². The molecule has 0 bridgehead atoms. The molecule has 2 aromatic rings. The molecule has 1 aliphatic heterocycles. The number of rotatable bonds is 8. The third-order valence-electron chi connectivity index (χ3n) is 5.56. The standard InChI is InChI=1S/C23H31N5O3/c1-26(2)13-5-14-28(23(30)31)19-12-15-27(16-19)18-10-8-17(9-11-18)22(29)25-21-7-4-3-6-20(21)24/h3-4,6-11,19H,5,12-16,24H2,1-2H3,(H,25,29)(H,30,31). The Labute approximate surface area is 183 Å². The minimum Gasteiger partial charge on any atom is -0.465 e. The van der Waals surface area contributed by atoms with E-state index in [1.807, 2.05) is 38.4 Å². The van der Waals surface area contributed by atoms with Crippen molar-refractivity contribution >= 4 is 29.1 Å². The Kier molecular flexibility index (Phi) is 7.36. The normalized spacial score (nSPS) is 15.8. The average molecular weight is 426 g/mol. The van der Waals surface area contributed by atoms with Crippen LogP contribution in [0.4, 0.5) is 21.9 Å². The third-order valence-corrected chi connectivity index (χ3v) is 5.56. The van der Waals surface area contributed by atoms with E-state index in [2.05, 4.69) is 15.1 Å². The zero-order valence-corrected chi connectivity index (χ0v) is 18.1. The maximum absolute atomic E-state index is 12.5. The van der Waals surface area contributed by atoms with Gasteiger partial charge in [0, 0.05) is 30.9 Å². The van der Waals surface area contributed by atoms with Crippen LogP contribution in [-0.4, -0.2) is 73.2 Å². The van der Waals surface area contributed by atoms with Crippen LogP contribution in [0.3, 0.4) is 0 Å². The molecule has 2 amide bonds. The molecule has 0 radical (unpaired) electrons. The number of anilines is 3. The van der Waals surface area contributed by atoms with Gasteiger partial charge in [-0.05, 0) is 69.9 Å². The highest BCUT2D eigenvalue weighted by atomic mass is 16.4. The molecule has 0 aliphatic carbocycles. The SMILES string of the molecule is CN(C)CCCN(C(=O)O)C1CCN(c2ccc(C(=O)Nc3ccccc3N)cc2)C1. The molecule has 1 aliphatic rings. The van der Waals surface area contributed by atoms with Crippen LogP contribution in [0.25, 0.3) is 0 Å². The number of carbonyl (C=O) groups excluding carboxylic acids is 1. The van der Waals surface area contributed by atoms with Gasteiger partial charge in [-0.1, -0.05) is 12.1 Å². The molecule has 1 unspecified atom stereocenters. The predicted molar refractivity (Wildman–Crippen MR) is 124 cm³/mol. The van der Waals surface area contributed by atoms with Gasteiger partial charge in [-0.3, -0.25) is 4.79 Å². The molecule has 1 saturated heterocycles. The number of nitrogens with one attached hydrogen (secondary N) is 1. The molecule has 0 saturated carbocycles. The quantitative estimate of drug-likeness (QED) is 0.562. The van der Waals surface area contributed by atoms with E-state index in [0.717, 1.165) is 31.6 Å². The number of benzene rings is 2. The van der Waals surface area contributed by atoms with Crippen molar-refractivity contribution in [1.29, 1.82) is 0 Å². The predicted octanol–water partition coefficient (Wildman–Crippen LogP) is 3.03. The maximum Gasteiger partial charge on any atom is 0.407 e. The minimum absolute atomic E-state index is 0.0244. The topological polar surface area (TPSA) is 102 Å². The van der Waals surface area contributed by atoms with Crippen molar-refractivity contribution in [3.8, 4) is 0 Å². The summed E-state index contributed by atoms with van der Waals surface area (Å²) in [5.74, 6) is -0.221. The summed E-state index contributed by atoms with van der Waals surface area (Å²) in [4.78, 5) is 30.0. The summed E-state index contributed by atoms with van der Waals surface area (Å²) in [6.07, 6.45) is 0.743. The van der Waals surface area contributed by atoms with Crippen LogP contribution >= 0.6 is 0 Å². The van der Waals surface area contributed by atoms with Crippen molar-refractivity contribution in [3.05, 3.63) is 54.1 Å². The summed E-state index contributed by atoms with van der Waals surface area (Å²) in [7, 11) is 3.97. The molecule has 4 N–H and O–H groups in total. The van der Waals surface area contributed by atoms with Gasteiger partial charge in [-0.15, -0.1) is 0 Å². The first-order chi connectivity index (χ1) is 14.8. The lowest BCUT2D eigenvalue weighted by Gasteiger charge is -2.27. The molecule has 1 heterocycles. The first kappa shape index (κ1) is 22.4. The maximum atomic E-state index is 12.5. The smallest absolute Gasteiger partial charge is 0.407 e. The van der Waals surface area contributed by atoms with Gasteiger partial charge in [0.05, 0.1) is 17.4 Å². The highest BCUT2D eigenvalue weighted by Gasteiger charge is 2.30. The Morgan fingerprint density at radius 3 is 2.48 bits per heavy atom. The molecule has 8 nitrogen and oxygen atoms in total. The third kappa shape index (κ3) is 5.88. The van der Waals surface area contributed by atoms with Crippen LogP contribution in [0, 0.1) is 0 Å². The van der Waals surface area contributed by atoms with Crippen molar-refractivity contribution < 1.29 is 14.7 Å². The van der Waals surface area contributed by atoms with Gasteiger partial charge in [0.2, 0.25) is 0 Å². The molecule has 3 rings (SSSR count). The van der Waals surface area contributed by atoms with E-state index >= 15 is 0 Å². The molecule has 1 atom stereocenters. The lowest BCUT2D eigenvalue weighted by atomic mass is 10.1. The van der Waals surface area contributed by atoms with Crippen molar-refractivity contribution in [2.45, 2.75) is 18.9 Å². The molecule has 166 valence electrons. The first-order valence-corrected chi connectivity index (χ1v) is 10.5. The van der Waals surface area contributed by atoms with Crippen molar-refractivity contribution in [3.63, 3.8) is 0 Å². The van der Waals surface area contributed by atoms with E-state index < -0.39 is 6.09 Å². The van der Waals surface area contributed by atoms with Crippen LogP contribution in [-0.2, 0) is 0 Å². The summed E-state index contributed by atoms with van der Waals surface area (Å²) < 4.78 is 0. The van der Waals surface area contributed by atoms with Crippen LogP contribution in [0.15, 0.2) is 48.5 Å². The first-order valence-electron chi connectivity index (χ1n) is 10.5. The summed E-state index contributed by atoms with van der Waals surface area (Å²) in [6.45, 7) is 2.83. The van der Waals surface area contributed by atoms with Crippen LogP contribution < -0.4 is 16.0 Å². The zero-order valence-electron chi connectivity index (χ0n) is 18.1. The molecular formula is C23H31N5O3. The molecule has 2 aromatic carbocycles. The molecule has 1 fully saturated rings. The Morgan fingerprint density at radius 1 is 1.13 bits per heavy atom. The second kappa shape index (κ2) is 10.2. The van der Waals surface area contributed by atoms with Crippen molar-refractivity contribution in [2.75, 3.05) is 56.2 Å². The molecule has 0 aromatic heterocycles. The fourth-order valence-corrected chi connectivity index (χ4v) is 3.85. The molecule has 31 heavy (non-hydrogen) atoms. The van der Waals surface area contributed by atoms with Gasteiger partial charge < -0.3 is 30.9 Å². The fraction of sp³-hybridized carbons (Fsp3) is 0.391. The van der Waals surface area contributed by atoms with E-state index in [-0.39, 0.29) is 11.9 Å². The summed E-state index contributed by atoms with van der Waals surface area (Å²) in [6, 6.07) is 14.5. The van der Waals surface area contributed by atoms with Crippen molar-refractivity contribution in [1.82, 2.24) is 9.80 Å². The van der Waals surface area contributed by atoms with E-state index in [4.69, 9.17) is 5.73 Å². The second-order valence-electron chi connectivity index (χ2n) is 8.11. The molecule has 8 heteroatoms. The van der Waals surface area contributed by atoms with Crippen molar-refractivity contribution in [2.24, 2.45) is 0 Å². The molecule has 0 spiro atoms. The van der Waals surface area contributed by atoms with E-state index in [1.165, 1.54) is 0 Å². The Morgan fingerprint density at radius 2 is 1.84 bits per heavy atom. The number of nitrogens with two attached hydrogens (primary N) is 1. The van der Waals surface area contributed by atoms with Gasteiger partial charge in [0.1, 0.15) is 0 Å². The monoisotopic (exact) mass is 425 g/mol. The van der Waals surface area contributed by atoms with Crippen LogP contribution in [0.5, 0.6) is 0 Å². The number of nitrogens with zero attached hydrogens (tertiary/aromatic N) is 3. The highest BCUT2D eigenvalue weighted by molar-refractivity contribution is 6.05. The van der Waals surface area contributed by atoms with Gasteiger partial charge in [-0.25, -0.2) is 4.79 Å². The van der Waals surface area contributed by atoms with Gasteiger partial charge in [0.25, 0.3) is 5.91 Å². The van der Waals surface area contributed by atoms with E-state index in [1.54, 1.807) is 29.2 Å². The van der Waals surface area contributed by atoms with Gasteiger partial charge >= 0.3 is 6.09 Å². The largest absolute Gasteiger partial charge is 0.465 e. The number of hydrogen-bond acceptors (Lipinski definition) is 5. The number of nitrogen functional groups attached to an aromatic ring is 1. The molecular weight excluding hydrogens is 394 g/mol. The summed E-state index contributed by atoms with van der Waals surface area (Å²) >= 11 is 0. The number of hydrogen-bond donors (Lipinski definition) is 3. The number of carbonyl (C=O) groups is 2. The Balaban J connectivity index is 1.59. The summed E-state index contributed by atoms with van der Waals surface area (Å²) in [5, 5.41) is 12.5. The van der Waals surface area contributed by atoms with E-state index in [9.17, 15) is 14.7 Å². The summed E-state index contributed by atoms with van der Waals surface area (Å²) in [5.41, 5.74) is 8.51. The second-order valence-corrected chi connectivity index (χ2v) is 8.11. The number of para-hydroxylation sites is 2. The van der Waals surface area contributed by atoms with Crippen LogP contribution in [0.2, 0.25) is 0 Å².